The maximum Gasteiger partial charge on any atom is 0.0462 e. The molecule has 0 saturated carbocycles. The number of aliphatic hydroxyl groups is 1. The highest BCUT2D eigenvalue weighted by molar-refractivity contribution is 5.09. The summed E-state index contributed by atoms with van der Waals surface area (Å²) in [5.74, 6) is 0.516. The Balaban J connectivity index is 2.25. The monoisotopic (exact) mass is 262 g/mol. The van der Waals surface area contributed by atoms with Gasteiger partial charge in [0.1, 0.15) is 0 Å². The normalized spacial score (nSPS) is 20.1. The molecule has 1 aliphatic carbocycles. The van der Waals surface area contributed by atoms with Gasteiger partial charge in [-0.1, -0.05) is 34.9 Å². The summed E-state index contributed by atoms with van der Waals surface area (Å²) in [7, 11) is 0. The molecule has 1 aliphatic rings. The Morgan fingerprint density at radius 1 is 1.26 bits per heavy atom. The summed E-state index contributed by atoms with van der Waals surface area (Å²) in [5, 5.41) is 9.22. The molecule has 108 valence electrons. The van der Waals surface area contributed by atoms with Crippen LogP contribution in [0.2, 0.25) is 0 Å². The van der Waals surface area contributed by atoms with Gasteiger partial charge in [-0.25, -0.2) is 0 Å². The van der Waals surface area contributed by atoms with Crippen LogP contribution >= 0.6 is 0 Å². The third kappa shape index (κ3) is 7.37. The molecule has 1 heteroatoms. The Bertz CT molecular complexity index is 343. The third-order valence-electron chi connectivity index (χ3n) is 3.87. The van der Waals surface area contributed by atoms with Crippen molar-refractivity contribution in [2.45, 2.75) is 65.7 Å². The minimum Gasteiger partial charge on any atom is -0.396 e. The van der Waals surface area contributed by atoms with Crippen LogP contribution in [0.5, 0.6) is 0 Å². The smallest absolute Gasteiger partial charge is 0.0462 e. The molecule has 19 heavy (non-hydrogen) atoms. The fraction of sp³-hybridized carbons (Fsp3) is 0.667. The van der Waals surface area contributed by atoms with E-state index in [9.17, 15) is 5.11 Å². The lowest BCUT2D eigenvalue weighted by molar-refractivity contribution is 0.214. The quantitative estimate of drug-likeness (QED) is 0.627. The summed E-state index contributed by atoms with van der Waals surface area (Å²) >= 11 is 0. The number of hydrogen-bond donors (Lipinski definition) is 1. The standard InChI is InChI=1S/C18H30O/c1-15(2)7-4-8-16(3)9-5-10-17-11-6-12-18(13-17)14-19/h7,9,11,18-19H,4-6,8,10,12-14H2,1-3H3/b16-9+. The Labute approximate surface area is 119 Å². The van der Waals surface area contributed by atoms with Gasteiger partial charge in [0.2, 0.25) is 0 Å². The Hall–Kier alpha value is -0.820. The maximum atomic E-state index is 9.22. The molecule has 0 fully saturated rings. The lowest BCUT2D eigenvalue weighted by Crippen LogP contribution is -2.10. The van der Waals surface area contributed by atoms with Crippen molar-refractivity contribution in [3.05, 3.63) is 34.9 Å². The molecule has 0 spiro atoms. The van der Waals surface area contributed by atoms with Crippen molar-refractivity contribution in [3.63, 3.8) is 0 Å². The summed E-state index contributed by atoms with van der Waals surface area (Å²) < 4.78 is 0. The van der Waals surface area contributed by atoms with E-state index in [0.717, 1.165) is 25.7 Å². The molecule has 0 heterocycles. The summed E-state index contributed by atoms with van der Waals surface area (Å²) in [5.41, 5.74) is 4.47. The van der Waals surface area contributed by atoms with Gasteiger partial charge in [-0.05, 0) is 71.6 Å². The van der Waals surface area contributed by atoms with E-state index in [2.05, 4.69) is 39.0 Å². The molecular formula is C18H30O. The lowest BCUT2D eigenvalue weighted by Gasteiger charge is -2.20. The van der Waals surface area contributed by atoms with Gasteiger partial charge in [0.05, 0.1) is 0 Å². The van der Waals surface area contributed by atoms with Crippen LogP contribution in [0.3, 0.4) is 0 Å². The van der Waals surface area contributed by atoms with Gasteiger partial charge in [0, 0.05) is 6.61 Å². The third-order valence-corrected chi connectivity index (χ3v) is 3.87. The second-order valence-electron chi connectivity index (χ2n) is 6.10. The summed E-state index contributed by atoms with van der Waals surface area (Å²) in [6.07, 6.45) is 15.2. The van der Waals surface area contributed by atoms with Crippen LogP contribution in [0.15, 0.2) is 34.9 Å². The first-order valence-corrected chi connectivity index (χ1v) is 7.69. The molecule has 0 aromatic carbocycles. The molecular weight excluding hydrogens is 232 g/mol. The fourth-order valence-corrected chi connectivity index (χ4v) is 2.63. The van der Waals surface area contributed by atoms with E-state index in [4.69, 9.17) is 0 Å². The van der Waals surface area contributed by atoms with Gasteiger partial charge in [0.15, 0.2) is 0 Å². The second kappa shape index (κ2) is 9.14. The van der Waals surface area contributed by atoms with E-state index < -0.39 is 0 Å². The number of aliphatic hydroxyl groups excluding tert-OH is 1. The van der Waals surface area contributed by atoms with E-state index >= 15 is 0 Å². The van der Waals surface area contributed by atoms with E-state index in [1.807, 2.05) is 0 Å². The van der Waals surface area contributed by atoms with Crippen molar-refractivity contribution in [3.8, 4) is 0 Å². The van der Waals surface area contributed by atoms with Crippen molar-refractivity contribution >= 4 is 0 Å². The van der Waals surface area contributed by atoms with E-state index in [1.54, 1.807) is 5.57 Å². The Morgan fingerprint density at radius 3 is 2.74 bits per heavy atom. The first-order valence-electron chi connectivity index (χ1n) is 7.69. The van der Waals surface area contributed by atoms with Gasteiger partial charge >= 0.3 is 0 Å². The fourth-order valence-electron chi connectivity index (χ4n) is 2.63. The van der Waals surface area contributed by atoms with Gasteiger partial charge in [-0.2, -0.15) is 0 Å². The highest BCUT2D eigenvalue weighted by atomic mass is 16.3. The van der Waals surface area contributed by atoms with E-state index in [0.29, 0.717) is 12.5 Å². The van der Waals surface area contributed by atoms with Gasteiger partial charge in [-0.3, -0.25) is 0 Å². The molecule has 0 aliphatic heterocycles. The van der Waals surface area contributed by atoms with Crippen LogP contribution in [-0.2, 0) is 0 Å². The molecule has 1 rings (SSSR count). The predicted molar refractivity (Wildman–Crippen MR) is 84.2 cm³/mol. The number of hydrogen-bond acceptors (Lipinski definition) is 1. The first-order chi connectivity index (χ1) is 9.11. The van der Waals surface area contributed by atoms with Crippen molar-refractivity contribution in [2.75, 3.05) is 6.61 Å². The average Bonchev–Trinajstić information content (AvgIpc) is 2.38. The van der Waals surface area contributed by atoms with Gasteiger partial charge in [-0.15, -0.1) is 0 Å². The summed E-state index contributed by atoms with van der Waals surface area (Å²) in [4.78, 5) is 0. The average molecular weight is 262 g/mol. The Kier molecular flexibility index (Phi) is 7.81. The minimum atomic E-state index is 0.356. The molecule has 1 atom stereocenters. The largest absolute Gasteiger partial charge is 0.396 e. The number of allylic oxidation sites excluding steroid dienone is 6. The maximum absolute atomic E-state index is 9.22. The zero-order chi connectivity index (χ0) is 14.1. The SMILES string of the molecule is CC(C)=CCC/C(C)=C/CCC1=CCCC(CO)C1. The molecule has 0 radical (unpaired) electrons. The van der Waals surface area contributed by atoms with Crippen LogP contribution < -0.4 is 0 Å². The second-order valence-corrected chi connectivity index (χ2v) is 6.10. The van der Waals surface area contributed by atoms with Crippen LogP contribution in [0.25, 0.3) is 0 Å². The van der Waals surface area contributed by atoms with Crippen molar-refractivity contribution in [2.24, 2.45) is 5.92 Å². The molecule has 0 amide bonds. The van der Waals surface area contributed by atoms with E-state index in [-0.39, 0.29) is 0 Å². The summed E-state index contributed by atoms with van der Waals surface area (Å²) in [6.45, 7) is 6.91. The molecule has 1 nitrogen and oxygen atoms in total. The van der Waals surface area contributed by atoms with Crippen LogP contribution in [0.4, 0.5) is 0 Å². The molecule has 1 unspecified atom stereocenters. The molecule has 0 aromatic rings. The van der Waals surface area contributed by atoms with Crippen molar-refractivity contribution in [1.82, 2.24) is 0 Å². The van der Waals surface area contributed by atoms with Crippen LogP contribution in [0, 0.1) is 5.92 Å². The topological polar surface area (TPSA) is 20.2 Å². The molecule has 0 aromatic heterocycles. The minimum absolute atomic E-state index is 0.356. The lowest BCUT2D eigenvalue weighted by atomic mass is 9.87. The molecule has 0 saturated heterocycles. The predicted octanol–water partition coefficient (Wildman–Crippen LogP) is 5.18. The zero-order valence-corrected chi connectivity index (χ0v) is 12.9. The molecule has 1 N–H and O–H groups in total. The highest BCUT2D eigenvalue weighted by Crippen LogP contribution is 2.26. The van der Waals surface area contributed by atoms with E-state index in [1.165, 1.54) is 30.4 Å². The van der Waals surface area contributed by atoms with Gasteiger partial charge in [0.25, 0.3) is 0 Å². The van der Waals surface area contributed by atoms with Gasteiger partial charge < -0.3 is 5.11 Å². The zero-order valence-electron chi connectivity index (χ0n) is 12.9. The van der Waals surface area contributed by atoms with Crippen molar-refractivity contribution < 1.29 is 5.11 Å². The van der Waals surface area contributed by atoms with Crippen LogP contribution in [0.1, 0.15) is 65.7 Å². The van der Waals surface area contributed by atoms with Crippen LogP contribution in [-0.4, -0.2) is 11.7 Å². The molecule has 0 bridgehead atoms. The Morgan fingerprint density at radius 2 is 2.05 bits per heavy atom. The van der Waals surface area contributed by atoms with Crippen molar-refractivity contribution in [1.29, 1.82) is 0 Å². The first kappa shape index (κ1) is 16.2. The number of rotatable bonds is 7. The highest BCUT2D eigenvalue weighted by Gasteiger charge is 2.13. The summed E-state index contributed by atoms with van der Waals surface area (Å²) in [6, 6.07) is 0.